The average molecular weight is 383 g/mol. The number of esters is 1. The van der Waals surface area contributed by atoms with Crippen LogP contribution >= 0.6 is 0 Å². The standard InChI is InChI=1S/C20H21N3O5/c1-13-3-5-14(6-4-13)12-22-10-9-16(19(22)24)21-17-11-15(20(25)28-2)7-8-18(17)23(26)27/h3-8,11,16,21H,9-10,12H2,1-2H3. The monoisotopic (exact) mass is 383 g/mol. The zero-order chi connectivity index (χ0) is 20.3. The van der Waals surface area contributed by atoms with Gasteiger partial charge in [-0.15, -0.1) is 0 Å². The smallest absolute Gasteiger partial charge is 0.337 e. The molecule has 3 rings (SSSR count). The zero-order valence-electron chi connectivity index (χ0n) is 15.7. The molecule has 2 aromatic carbocycles. The van der Waals surface area contributed by atoms with Crippen LogP contribution in [0.15, 0.2) is 42.5 Å². The van der Waals surface area contributed by atoms with Crippen molar-refractivity contribution < 1.29 is 19.2 Å². The number of nitrogens with zero attached hydrogens (tertiary/aromatic N) is 2. The Morgan fingerprint density at radius 2 is 2.00 bits per heavy atom. The van der Waals surface area contributed by atoms with Crippen LogP contribution in [0.2, 0.25) is 0 Å². The van der Waals surface area contributed by atoms with E-state index in [1.54, 1.807) is 4.90 Å². The van der Waals surface area contributed by atoms with Crippen LogP contribution < -0.4 is 5.32 Å². The molecule has 1 aliphatic heterocycles. The number of carbonyl (C=O) groups excluding carboxylic acids is 2. The Labute approximate surface area is 162 Å². The molecule has 1 amide bonds. The number of nitro benzene ring substituents is 1. The van der Waals surface area contributed by atoms with Crippen molar-refractivity contribution in [3.8, 4) is 0 Å². The van der Waals surface area contributed by atoms with Crippen molar-refractivity contribution >= 4 is 23.3 Å². The fraction of sp³-hybridized carbons (Fsp3) is 0.300. The van der Waals surface area contributed by atoms with Crippen LogP contribution in [0.25, 0.3) is 0 Å². The summed E-state index contributed by atoms with van der Waals surface area (Å²) in [6.07, 6.45) is 0.518. The number of anilines is 1. The molecule has 1 fully saturated rings. The number of benzene rings is 2. The highest BCUT2D eigenvalue weighted by molar-refractivity contribution is 5.92. The fourth-order valence-corrected chi connectivity index (χ4v) is 3.19. The summed E-state index contributed by atoms with van der Waals surface area (Å²) in [5.74, 6) is -0.727. The van der Waals surface area contributed by atoms with Gasteiger partial charge in [0.05, 0.1) is 17.6 Å². The van der Waals surface area contributed by atoms with Gasteiger partial charge in [-0.05, 0) is 31.0 Å². The summed E-state index contributed by atoms with van der Waals surface area (Å²) in [4.78, 5) is 37.0. The topological polar surface area (TPSA) is 102 Å². The van der Waals surface area contributed by atoms with Crippen LogP contribution in [0, 0.1) is 17.0 Å². The highest BCUT2D eigenvalue weighted by Gasteiger charge is 2.33. The molecule has 1 unspecified atom stereocenters. The number of likely N-dealkylation sites (tertiary alicyclic amines) is 1. The number of hydrogen-bond donors (Lipinski definition) is 1. The van der Waals surface area contributed by atoms with Gasteiger partial charge in [0.15, 0.2) is 0 Å². The predicted octanol–water partition coefficient (Wildman–Crippen LogP) is 2.90. The molecule has 0 aromatic heterocycles. The summed E-state index contributed by atoms with van der Waals surface area (Å²) in [7, 11) is 1.24. The van der Waals surface area contributed by atoms with Crippen molar-refractivity contribution in [1.29, 1.82) is 0 Å². The number of ether oxygens (including phenoxy) is 1. The van der Waals surface area contributed by atoms with Crippen LogP contribution in [-0.4, -0.2) is 41.4 Å². The van der Waals surface area contributed by atoms with E-state index < -0.39 is 16.9 Å². The van der Waals surface area contributed by atoms with Crippen LogP contribution in [0.5, 0.6) is 0 Å². The molecule has 1 saturated heterocycles. The molecule has 8 heteroatoms. The van der Waals surface area contributed by atoms with E-state index in [4.69, 9.17) is 0 Å². The van der Waals surface area contributed by atoms with Gasteiger partial charge in [0, 0.05) is 19.2 Å². The number of rotatable bonds is 6. The highest BCUT2D eigenvalue weighted by atomic mass is 16.6. The van der Waals surface area contributed by atoms with Crippen LogP contribution in [0.4, 0.5) is 11.4 Å². The minimum Gasteiger partial charge on any atom is -0.465 e. The molecule has 2 aromatic rings. The summed E-state index contributed by atoms with van der Waals surface area (Å²) >= 11 is 0. The maximum Gasteiger partial charge on any atom is 0.337 e. The van der Waals surface area contributed by atoms with Gasteiger partial charge in [-0.2, -0.15) is 0 Å². The van der Waals surface area contributed by atoms with Crippen molar-refractivity contribution in [2.75, 3.05) is 19.0 Å². The van der Waals surface area contributed by atoms with Gasteiger partial charge >= 0.3 is 5.97 Å². The van der Waals surface area contributed by atoms with Gasteiger partial charge in [0.2, 0.25) is 5.91 Å². The summed E-state index contributed by atoms with van der Waals surface area (Å²) in [6.45, 7) is 3.04. The lowest BCUT2D eigenvalue weighted by atomic mass is 10.1. The van der Waals surface area contributed by atoms with Gasteiger partial charge in [-0.25, -0.2) is 4.79 Å². The lowest BCUT2D eigenvalue weighted by Gasteiger charge is -2.18. The first-order valence-corrected chi connectivity index (χ1v) is 8.86. The van der Waals surface area contributed by atoms with Crippen molar-refractivity contribution in [2.24, 2.45) is 0 Å². The van der Waals surface area contributed by atoms with Crippen LogP contribution in [0.1, 0.15) is 27.9 Å². The number of aryl methyl sites for hydroxylation is 1. The van der Waals surface area contributed by atoms with Gasteiger partial charge < -0.3 is 15.0 Å². The Morgan fingerprint density at radius 3 is 2.64 bits per heavy atom. The molecule has 1 atom stereocenters. The molecule has 0 spiro atoms. The van der Waals surface area contributed by atoms with E-state index in [9.17, 15) is 19.7 Å². The zero-order valence-corrected chi connectivity index (χ0v) is 15.7. The molecule has 1 N–H and O–H groups in total. The van der Waals surface area contributed by atoms with E-state index in [1.165, 1.54) is 25.3 Å². The predicted molar refractivity (Wildman–Crippen MR) is 103 cm³/mol. The Bertz CT molecular complexity index is 911. The van der Waals surface area contributed by atoms with E-state index in [0.717, 1.165) is 11.1 Å². The molecule has 0 aliphatic carbocycles. The van der Waals surface area contributed by atoms with Gasteiger partial charge in [0.1, 0.15) is 11.7 Å². The Kier molecular flexibility index (Phi) is 5.58. The van der Waals surface area contributed by atoms with Gasteiger partial charge in [-0.3, -0.25) is 14.9 Å². The Balaban J connectivity index is 1.76. The number of carbonyl (C=O) groups is 2. The van der Waals surface area contributed by atoms with Gasteiger partial charge in [-0.1, -0.05) is 29.8 Å². The minimum absolute atomic E-state index is 0.127. The molecule has 0 bridgehead atoms. The SMILES string of the molecule is COC(=O)c1ccc([N+](=O)[O-])c(NC2CCN(Cc3ccc(C)cc3)C2=O)c1. The number of methoxy groups -OCH3 is 1. The van der Waals surface area contributed by atoms with E-state index in [-0.39, 0.29) is 22.8 Å². The highest BCUT2D eigenvalue weighted by Crippen LogP contribution is 2.28. The lowest BCUT2D eigenvalue weighted by Crippen LogP contribution is -2.33. The number of amides is 1. The third-order valence-electron chi connectivity index (χ3n) is 4.74. The summed E-state index contributed by atoms with van der Waals surface area (Å²) in [6, 6.07) is 11.3. The fourth-order valence-electron chi connectivity index (χ4n) is 3.19. The van der Waals surface area contributed by atoms with E-state index >= 15 is 0 Å². The first-order chi connectivity index (χ1) is 13.4. The summed E-state index contributed by atoms with van der Waals surface area (Å²) in [5.41, 5.74) is 2.28. The van der Waals surface area contributed by atoms with Crippen molar-refractivity contribution in [3.63, 3.8) is 0 Å². The quantitative estimate of drug-likeness (QED) is 0.467. The van der Waals surface area contributed by atoms with Crippen LogP contribution in [0.3, 0.4) is 0 Å². The molecule has 0 saturated carbocycles. The van der Waals surface area contributed by atoms with Crippen molar-refractivity contribution in [1.82, 2.24) is 4.90 Å². The molecule has 1 heterocycles. The second-order valence-electron chi connectivity index (χ2n) is 6.71. The molecular formula is C20H21N3O5. The van der Waals surface area contributed by atoms with E-state index in [1.807, 2.05) is 31.2 Å². The molecule has 1 aliphatic rings. The Hall–Kier alpha value is -3.42. The largest absolute Gasteiger partial charge is 0.465 e. The van der Waals surface area contributed by atoms with Gasteiger partial charge in [0.25, 0.3) is 5.69 Å². The molecule has 0 radical (unpaired) electrons. The van der Waals surface area contributed by atoms with E-state index in [2.05, 4.69) is 10.1 Å². The number of hydrogen-bond acceptors (Lipinski definition) is 6. The summed E-state index contributed by atoms with van der Waals surface area (Å²) < 4.78 is 4.66. The Morgan fingerprint density at radius 1 is 1.29 bits per heavy atom. The number of nitrogens with one attached hydrogen (secondary N) is 1. The molecule has 8 nitrogen and oxygen atoms in total. The molecule has 28 heavy (non-hydrogen) atoms. The molecular weight excluding hydrogens is 362 g/mol. The third-order valence-corrected chi connectivity index (χ3v) is 4.74. The average Bonchev–Trinajstić information content (AvgIpc) is 3.02. The third kappa shape index (κ3) is 4.11. The van der Waals surface area contributed by atoms with Crippen molar-refractivity contribution in [2.45, 2.75) is 25.9 Å². The van der Waals surface area contributed by atoms with E-state index in [0.29, 0.717) is 19.5 Å². The lowest BCUT2D eigenvalue weighted by molar-refractivity contribution is -0.384. The first-order valence-electron chi connectivity index (χ1n) is 8.86. The maximum atomic E-state index is 12.7. The molecule has 146 valence electrons. The maximum absolute atomic E-state index is 12.7. The van der Waals surface area contributed by atoms with Crippen LogP contribution in [-0.2, 0) is 16.1 Å². The normalized spacial score (nSPS) is 16.1. The summed E-state index contributed by atoms with van der Waals surface area (Å²) in [5, 5.41) is 14.3. The second-order valence-corrected chi connectivity index (χ2v) is 6.71. The number of nitro groups is 1. The first kappa shape index (κ1) is 19.3. The second kappa shape index (κ2) is 8.08. The minimum atomic E-state index is -0.600. The van der Waals surface area contributed by atoms with Crippen molar-refractivity contribution in [3.05, 3.63) is 69.3 Å².